The van der Waals surface area contributed by atoms with Crippen LogP contribution in [0.1, 0.15) is 32.9 Å². The molecule has 1 aromatic heterocycles. The fourth-order valence-electron chi connectivity index (χ4n) is 3.02. The summed E-state index contributed by atoms with van der Waals surface area (Å²) in [6, 6.07) is 11.3. The molecule has 3 rings (SSSR count). The maximum atomic E-state index is 12.8. The quantitative estimate of drug-likeness (QED) is 0.371. The number of hydrogen-bond donors (Lipinski definition) is 1. The molecule has 1 heterocycles. The van der Waals surface area contributed by atoms with Gasteiger partial charge in [-0.3, -0.25) is 4.79 Å². The number of alkyl halides is 3. The van der Waals surface area contributed by atoms with Crippen LogP contribution in [0, 0.1) is 13.8 Å². The lowest BCUT2D eigenvalue weighted by Crippen LogP contribution is -2.18. The molecule has 0 saturated heterocycles. The second kappa shape index (κ2) is 8.53. The Morgan fingerprint density at radius 2 is 1.80 bits per heavy atom. The maximum absolute atomic E-state index is 12.8. The van der Waals surface area contributed by atoms with Crippen molar-refractivity contribution in [3.63, 3.8) is 0 Å². The van der Waals surface area contributed by atoms with Crippen LogP contribution in [0.2, 0.25) is 10.0 Å². The Morgan fingerprint density at radius 1 is 1.10 bits per heavy atom. The first-order valence-electron chi connectivity index (χ1n) is 8.73. The summed E-state index contributed by atoms with van der Waals surface area (Å²) >= 11 is 12.4. The summed E-state index contributed by atoms with van der Waals surface area (Å²) in [4.78, 5) is 12.1. The molecule has 0 spiro atoms. The number of aromatic nitrogens is 1. The van der Waals surface area contributed by atoms with Crippen molar-refractivity contribution in [2.75, 3.05) is 0 Å². The largest absolute Gasteiger partial charge is 0.416 e. The average molecular weight is 454 g/mol. The van der Waals surface area contributed by atoms with E-state index in [4.69, 9.17) is 23.2 Å². The topological polar surface area (TPSA) is 46.4 Å². The van der Waals surface area contributed by atoms with Gasteiger partial charge in [-0.2, -0.15) is 18.3 Å². The smallest absolute Gasteiger partial charge is 0.316 e. The Labute approximate surface area is 180 Å². The molecular weight excluding hydrogens is 438 g/mol. The molecule has 0 aliphatic heterocycles. The predicted octanol–water partition coefficient (Wildman–Crippen LogP) is 6.18. The number of benzene rings is 2. The van der Waals surface area contributed by atoms with Gasteiger partial charge in [-0.05, 0) is 50.2 Å². The van der Waals surface area contributed by atoms with Crippen LogP contribution in [-0.2, 0) is 6.18 Å². The first-order chi connectivity index (χ1) is 14.1. The number of halogens is 5. The standard InChI is InChI=1S/C21H16Cl2F3N3O/c1-12-9-15(13(2)29(12)18-8-4-7-17(22)19(18)23)11-27-28-20(30)14-5-3-6-16(10-14)21(24,25)26/h3-11H,1-2H3,(H,28,30)/b27-11-. The minimum atomic E-state index is -4.53. The highest BCUT2D eigenvalue weighted by Crippen LogP contribution is 2.31. The van der Waals surface area contributed by atoms with Gasteiger partial charge >= 0.3 is 6.18 Å². The number of hydrazone groups is 1. The van der Waals surface area contributed by atoms with Gasteiger partial charge in [0.2, 0.25) is 0 Å². The summed E-state index contributed by atoms with van der Waals surface area (Å²) in [5.41, 5.74) is 4.27. The minimum Gasteiger partial charge on any atom is -0.316 e. The number of amides is 1. The lowest BCUT2D eigenvalue weighted by Gasteiger charge is -2.12. The van der Waals surface area contributed by atoms with Crippen molar-refractivity contribution in [1.82, 2.24) is 9.99 Å². The predicted molar refractivity (Wildman–Crippen MR) is 112 cm³/mol. The van der Waals surface area contributed by atoms with E-state index in [9.17, 15) is 18.0 Å². The number of hydrogen-bond acceptors (Lipinski definition) is 2. The summed E-state index contributed by atoms with van der Waals surface area (Å²) in [7, 11) is 0. The van der Waals surface area contributed by atoms with Crippen LogP contribution < -0.4 is 5.43 Å². The van der Waals surface area contributed by atoms with E-state index < -0.39 is 17.6 Å². The molecule has 0 unspecified atom stereocenters. The number of aryl methyl sites for hydroxylation is 1. The van der Waals surface area contributed by atoms with Gasteiger partial charge in [0.25, 0.3) is 5.91 Å². The Hall–Kier alpha value is -2.77. The Kier molecular flexibility index (Phi) is 6.24. The average Bonchev–Trinajstić information content (AvgIpc) is 2.97. The highest BCUT2D eigenvalue weighted by molar-refractivity contribution is 6.43. The monoisotopic (exact) mass is 453 g/mol. The minimum absolute atomic E-state index is 0.141. The fourth-order valence-corrected chi connectivity index (χ4v) is 3.40. The molecule has 30 heavy (non-hydrogen) atoms. The Balaban J connectivity index is 1.81. The number of carbonyl (C=O) groups is 1. The zero-order chi connectivity index (χ0) is 22.1. The molecule has 9 heteroatoms. The first kappa shape index (κ1) is 21.9. The molecule has 1 amide bonds. The van der Waals surface area contributed by atoms with Crippen LogP contribution in [0.3, 0.4) is 0 Å². The van der Waals surface area contributed by atoms with Gasteiger partial charge in [0.05, 0.1) is 27.5 Å². The third kappa shape index (κ3) is 4.52. The maximum Gasteiger partial charge on any atom is 0.416 e. The van der Waals surface area contributed by atoms with E-state index in [1.54, 1.807) is 12.1 Å². The number of nitrogens with one attached hydrogen (secondary N) is 1. The van der Waals surface area contributed by atoms with Crippen molar-refractivity contribution in [1.29, 1.82) is 0 Å². The van der Waals surface area contributed by atoms with Crippen molar-refractivity contribution < 1.29 is 18.0 Å². The molecule has 0 saturated carbocycles. The Morgan fingerprint density at radius 3 is 2.50 bits per heavy atom. The summed E-state index contributed by atoms with van der Waals surface area (Å²) in [5.74, 6) is -0.746. The zero-order valence-electron chi connectivity index (χ0n) is 15.9. The molecule has 0 atom stereocenters. The van der Waals surface area contributed by atoms with Crippen molar-refractivity contribution in [2.45, 2.75) is 20.0 Å². The zero-order valence-corrected chi connectivity index (χ0v) is 17.4. The third-order valence-electron chi connectivity index (χ3n) is 4.46. The third-order valence-corrected chi connectivity index (χ3v) is 5.27. The normalized spacial score (nSPS) is 11.8. The molecule has 156 valence electrons. The van der Waals surface area contributed by atoms with E-state index in [1.165, 1.54) is 18.3 Å². The highest BCUT2D eigenvalue weighted by atomic mass is 35.5. The molecule has 1 N–H and O–H groups in total. The van der Waals surface area contributed by atoms with Crippen LogP contribution in [0.25, 0.3) is 5.69 Å². The van der Waals surface area contributed by atoms with Crippen molar-refractivity contribution in [3.8, 4) is 5.69 Å². The lowest BCUT2D eigenvalue weighted by atomic mass is 10.1. The van der Waals surface area contributed by atoms with Crippen molar-refractivity contribution >= 4 is 35.3 Å². The summed E-state index contributed by atoms with van der Waals surface area (Å²) < 4.78 is 40.3. The van der Waals surface area contributed by atoms with Gasteiger partial charge in [0, 0.05) is 22.5 Å². The first-order valence-corrected chi connectivity index (χ1v) is 9.49. The lowest BCUT2D eigenvalue weighted by molar-refractivity contribution is -0.137. The molecule has 2 aromatic carbocycles. The van der Waals surface area contributed by atoms with E-state index in [0.29, 0.717) is 21.3 Å². The van der Waals surface area contributed by atoms with Crippen LogP contribution in [0.15, 0.2) is 53.6 Å². The van der Waals surface area contributed by atoms with Gasteiger partial charge in [-0.15, -0.1) is 0 Å². The van der Waals surface area contributed by atoms with Crippen LogP contribution in [0.4, 0.5) is 13.2 Å². The molecule has 0 aliphatic rings. The van der Waals surface area contributed by atoms with Gasteiger partial charge in [0.1, 0.15) is 0 Å². The van der Waals surface area contributed by atoms with Crippen LogP contribution >= 0.6 is 23.2 Å². The molecule has 3 aromatic rings. The Bertz CT molecular complexity index is 1140. The van der Waals surface area contributed by atoms with E-state index in [0.717, 1.165) is 23.5 Å². The number of nitrogens with zero attached hydrogens (tertiary/aromatic N) is 2. The number of rotatable bonds is 4. The second-order valence-corrected chi connectivity index (χ2v) is 7.30. The molecule has 0 radical (unpaired) electrons. The molecule has 4 nitrogen and oxygen atoms in total. The van der Waals surface area contributed by atoms with E-state index in [1.807, 2.05) is 30.5 Å². The van der Waals surface area contributed by atoms with Crippen molar-refractivity contribution in [3.05, 3.63) is 86.7 Å². The molecule has 0 aliphatic carbocycles. The van der Waals surface area contributed by atoms with Crippen molar-refractivity contribution in [2.24, 2.45) is 5.10 Å². The van der Waals surface area contributed by atoms with Gasteiger partial charge in [-0.1, -0.05) is 35.3 Å². The van der Waals surface area contributed by atoms with Gasteiger partial charge < -0.3 is 4.57 Å². The molecule has 0 fully saturated rings. The second-order valence-electron chi connectivity index (χ2n) is 6.51. The van der Waals surface area contributed by atoms with Gasteiger partial charge in [-0.25, -0.2) is 5.43 Å². The van der Waals surface area contributed by atoms with Crippen LogP contribution in [0.5, 0.6) is 0 Å². The highest BCUT2D eigenvalue weighted by Gasteiger charge is 2.30. The van der Waals surface area contributed by atoms with Crippen LogP contribution in [-0.4, -0.2) is 16.7 Å². The molecular formula is C21H16Cl2F3N3O. The summed E-state index contributed by atoms with van der Waals surface area (Å²) in [6.07, 6.45) is -3.11. The summed E-state index contributed by atoms with van der Waals surface area (Å²) in [6.45, 7) is 3.73. The van der Waals surface area contributed by atoms with E-state index in [-0.39, 0.29) is 5.56 Å². The number of carbonyl (C=O) groups excluding carboxylic acids is 1. The van der Waals surface area contributed by atoms with E-state index >= 15 is 0 Å². The SMILES string of the molecule is Cc1cc(/C=N\NC(=O)c2cccc(C(F)(F)F)c2)c(C)n1-c1cccc(Cl)c1Cl. The van der Waals surface area contributed by atoms with Gasteiger partial charge in [0.15, 0.2) is 0 Å². The molecule has 0 bridgehead atoms. The van der Waals surface area contributed by atoms with E-state index in [2.05, 4.69) is 10.5 Å². The summed E-state index contributed by atoms with van der Waals surface area (Å²) in [5, 5.41) is 4.71. The fraction of sp³-hybridized carbons (Fsp3) is 0.143.